The second-order valence-electron chi connectivity index (χ2n) is 4.86. The van der Waals surface area contributed by atoms with Crippen LogP contribution in [0.1, 0.15) is 37.4 Å². The van der Waals surface area contributed by atoms with Crippen LogP contribution >= 0.6 is 0 Å². The van der Waals surface area contributed by atoms with Crippen LogP contribution in [0.5, 0.6) is 0 Å². The molecule has 0 amide bonds. The summed E-state index contributed by atoms with van der Waals surface area (Å²) in [6.45, 7) is 5.88. The van der Waals surface area contributed by atoms with E-state index in [1.165, 1.54) is 18.4 Å². The first-order chi connectivity index (χ1) is 8.22. The molecule has 5 nitrogen and oxygen atoms in total. The van der Waals surface area contributed by atoms with Gasteiger partial charge in [0.05, 0.1) is 0 Å². The lowest BCUT2D eigenvalue weighted by atomic mass is 10.1. The number of aromatic nitrogens is 3. The van der Waals surface area contributed by atoms with Gasteiger partial charge < -0.3 is 10.6 Å². The SMILES string of the molecule is C=C1CCN(c2nc(N)nc(C3CC3)n2)CC1. The highest BCUT2D eigenvalue weighted by Crippen LogP contribution is 2.38. The quantitative estimate of drug-likeness (QED) is 0.781. The van der Waals surface area contributed by atoms with Crippen molar-refractivity contribution in [3.8, 4) is 0 Å². The van der Waals surface area contributed by atoms with E-state index in [0.717, 1.165) is 37.7 Å². The molecule has 2 fully saturated rings. The van der Waals surface area contributed by atoms with Crippen LogP contribution < -0.4 is 10.6 Å². The molecule has 1 aliphatic heterocycles. The Labute approximate surface area is 101 Å². The van der Waals surface area contributed by atoms with Crippen molar-refractivity contribution in [2.75, 3.05) is 23.7 Å². The summed E-state index contributed by atoms with van der Waals surface area (Å²) in [6.07, 6.45) is 4.40. The molecule has 0 radical (unpaired) electrons. The first kappa shape index (κ1) is 10.5. The van der Waals surface area contributed by atoms with E-state index in [9.17, 15) is 0 Å². The molecule has 0 spiro atoms. The van der Waals surface area contributed by atoms with Crippen molar-refractivity contribution >= 4 is 11.9 Å². The molecule has 2 N–H and O–H groups in total. The maximum atomic E-state index is 5.75. The van der Waals surface area contributed by atoms with Crippen LogP contribution in [0.2, 0.25) is 0 Å². The van der Waals surface area contributed by atoms with Gasteiger partial charge in [0.15, 0.2) is 0 Å². The van der Waals surface area contributed by atoms with Gasteiger partial charge in [0.1, 0.15) is 5.82 Å². The van der Waals surface area contributed by atoms with E-state index in [0.29, 0.717) is 11.9 Å². The molecule has 17 heavy (non-hydrogen) atoms. The van der Waals surface area contributed by atoms with Crippen molar-refractivity contribution in [1.82, 2.24) is 15.0 Å². The first-order valence-electron chi connectivity index (χ1n) is 6.15. The highest BCUT2D eigenvalue weighted by atomic mass is 15.3. The molecular weight excluding hydrogens is 214 g/mol. The summed E-state index contributed by atoms with van der Waals surface area (Å²) >= 11 is 0. The van der Waals surface area contributed by atoms with Gasteiger partial charge in [-0.15, -0.1) is 0 Å². The minimum Gasteiger partial charge on any atom is -0.368 e. The van der Waals surface area contributed by atoms with Gasteiger partial charge in [-0.1, -0.05) is 12.2 Å². The molecule has 0 unspecified atom stereocenters. The third kappa shape index (κ3) is 2.23. The second kappa shape index (κ2) is 3.98. The van der Waals surface area contributed by atoms with E-state index < -0.39 is 0 Å². The van der Waals surface area contributed by atoms with Crippen molar-refractivity contribution in [2.45, 2.75) is 31.6 Å². The molecule has 2 heterocycles. The number of anilines is 2. The number of nitrogen functional groups attached to an aromatic ring is 1. The van der Waals surface area contributed by atoms with Crippen molar-refractivity contribution in [1.29, 1.82) is 0 Å². The van der Waals surface area contributed by atoms with Crippen molar-refractivity contribution < 1.29 is 0 Å². The molecule has 3 rings (SSSR count). The maximum absolute atomic E-state index is 5.75. The van der Waals surface area contributed by atoms with Gasteiger partial charge in [0, 0.05) is 19.0 Å². The molecule has 90 valence electrons. The third-order valence-electron chi connectivity index (χ3n) is 3.35. The fourth-order valence-electron chi connectivity index (χ4n) is 2.09. The second-order valence-corrected chi connectivity index (χ2v) is 4.86. The predicted molar refractivity (Wildman–Crippen MR) is 66.8 cm³/mol. The Morgan fingerprint density at radius 1 is 1.12 bits per heavy atom. The van der Waals surface area contributed by atoms with Crippen LogP contribution in [-0.4, -0.2) is 28.0 Å². The van der Waals surface area contributed by atoms with E-state index >= 15 is 0 Å². The lowest BCUT2D eigenvalue weighted by molar-refractivity contribution is 0.663. The molecule has 1 aliphatic carbocycles. The zero-order valence-electron chi connectivity index (χ0n) is 9.89. The lowest BCUT2D eigenvalue weighted by Gasteiger charge is -2.28. The topological polar surface area (TPSA) is 67.9 Å². The number of hydrogen-bond acceptors (Lipinski definition) is 5. The fourth-order valence-corrected chi connectivity index (χ4v) is 2.09. The summed E-state index contributed by atoms with van der Waals surface area (Å²) in [5.41, 5.74) is 7.06. The number of nitrogens with two attached hydrogens (primary N) is 1. The molecular formula is C12H17N5. The van der Waals surface area contributed by atoms with Crippen LogP contribution in [0.25, 0.3) is 0 Å². The predicted octanol–water partition coefficient (Wildman–Crippen LogP) is 1.49. The molecule has 0 aromatic carbocycles. The normalized spacial score (nSPS) is 20.7. The Kier molecular flexibility index (Phi) is 2.46. The average Bonchev–Trinajstić information content (AvgIpc) is 3.13. The summed E-state index contributed by atoms with van der Waals surface area (Å²) in [5.74, 6) is 2.48. The first-order valence-corrected chi connectivity index (χ1v) is 6.15. The van der Waals surface area contributed by atoms with Crippen LogP contribution in [0.4, 0.5) is 11.9 Å². The number of rotatable bonds is 2. The molecule has 0 bridgehead atoms. The summed E-state index contributed by atoms with van der Waals surface area (Å²) in [7, 11) is 0. The highest BCUT2D eigenvalue weighted by Gasteiger charge is 2.28. The van der Waals surface area contributed by atoms with Crippen LogP contribution in [0.3, 0.4) is 0 Å². The smallest absolute Gasteiger partial charge is 0.230 e. The Balaban J connectivity index is 1.83. The van der Waals surface area contributed by atoms with Crippen molar-refractivity contribution in [2.24, 2.45) is 0 Å². The van der Waals surface area contributed by atoms with Gasteiger partial charge in [-0.2, -0.15) is 15.0 Å². The van der Waals surface area contributed by atoms with E-state index in [1.54, 1.807) is 0 Å². The Morgan fingerprint density at radius 3 is 2.47 bits per heavy atom. The minimum atomic E-state index is 0.348. The highest BCUT2D eigenvalue weighted by molar-refractivity contribution is 5.37. The van der Waals surface area contributed by atoms with Gasteiger partial charge >= 0.3 is 0 Å². The molecule has 5 heteroatoms. The van der Waals surface area contributed by atoms with E-state index in [4.69, 9.17) is 5.73 Å². The Bertz CT molecular complexity index is 442. The summed E-state index contributed by atoms with van der Waals surface area (Å²) < 4.78 is 0. The molecule has 1 saturated carbocycles. The summed E-state index contributed by atoms with van der Waals surface area (Å²) in [5, 5.41) is 0. The number of piperidine rings is 1. The third-order valence-corrected chi connectivity index (χ3v) is 3.35. The molecule has 1 saturated heterocycles. The van der Waals surface area contributed by atoms with Gasteiger partial charge in [-0.25, -0.2) is 0 Å². The zero-order chi connectivity index (χ0) is 11.8. The average molecular weight is 231 g/mol. The summed E-state index contributed by atoms with van der Waals surface area (Å²) in [4.78, 5) is 15.2. The van der Waals surface area contributed by atoms with Gasteiger partial charge in [0.2, 0.25) is 11.9 Å². The summed E-state index contributed by atoms with van der Waals surface area (Å²) in [6, 6.07) is 0. The maximum Gasteiger partial charge on any atom is 0.230 e. The molecule has 0 atom stereocenters. The van der Waals surface area contributed by atoms with Gasteiger partial charge in [-0.05, 0) is 25.7 Å². The monoisotopic (exact) mass is 231 g/mol. The Hall–Kier alpha value is -1.65. The molecule has 1 aromatic rings. The van der Waals surface area contributed by atoms with E-state index in [-0.39, 0.29) is 0 Å². The number of nitrogens with zero attached hydrogens (tertiary/aromatic N) is 4. The van der Waals surface area contributed by atoms with Crippen molar-refractivity contribution in [3.05, 3.63) is 18.0 Å². The largest absolute Gasteiger partial charge is 0.368 e. The molecule has 1 aromatic heterocycles. The standard InChI is InChI=1S/C12H17N5/c1-8-4-6-17(7-5-8)12-15-10(9-2-3-9)14-11(13)16-12/h9H,1-7H2,(H2,13,14,15,16). The zero-order valence-corrected chi connectivity index (χ0v) is 9.89. The number of hydrogen-bond donors (Lipinski definition) is 1. The lowest BCUT2D eigenvalue weighted by Crippen LogP contribution is -2.32. The van der Waals surface area contributed by atoms with Gasteiger partial charge in [0.25, 0.3) is 0 Å². The van der Waals surface area contributed by atoms with Gasteiger partial charge in [-0.3, -0.25) is 0 Å². The van der Waals surface area contributed by atoms with Crippen LogP contribution in [0.15, 0.2) is 12.2 Å². The Morgan fingerprint density at radius 2 is 1.82 bits per heavy atom. The minimum absolute atomic E-state index is 0.348. The van der Waals surface area contributed by atoms with E-state index in [1.807, 2.05) is 0 Å². The van der Waals surface area contributed by atoms with Crippen LogP contribution in [-0.2, 0) is 0 Å². The van der Waals surface area contributed by atoms with E-state index in [2.05, 4.69) is 26.4 Å². The molecule has 2 aliphatic rings. The fraction of sp³-hybridized carbons (Fsp3) is 0.583. The van der Waals surface area contributed by atoms with Crippen LogP contribution in [0, 0.1) is 0 Å². The van der Waals surface area contributed by atoms with Crippen molar-refractivity contribution in [3.63, 3.8) is 0 Å².